The number of carbonyl (C=O) groups is 1. The molecule has 0 bridgehead atoms. The van der Waals surface area contributed by atoms with Crippen molar-refractivity contribution >= 4 is 46.3 Å². The first-order valence-corrected chi connectivity index (χ1v) is 3.61. The van der Waals surface area contributed by atoms with Gasteiger partial charge in [0.2, 0.25) is 3.79 Å². The normalized spacial score (nSPS) is 11.2. The molecule has 0 saturated carbocycles. The Morgan fingerprint density at radius 3 is 2.00 bits per heavy atom. The minimum absolute atomic E-state index is 0.101. The van der Waals surface area contributed by atoms with Crippen LogP contribution in [0.5, 0.6) is 0 Å². The Bertz CT molecular complexity index is 161. The number of halogens is 3. The van der Waals surface area contributed by atoms with Gasteiger partial charge in [0.05, 0.1) is 5.71 Å². The maximum atomic E-state index is 10.4. The molecule has 58 valence electrons. The second-order valence-electron chi connectivity index (χ2n) is 1.86. The topological polar surface area (TPSA) is 40.9 Å². The van der Waals surface area contributed by atoms with E-state index in [1.807, 2.05) is 0 Å². The molecule has 1 N–H and O–H groups in total. The summed E-state index contributed by atoms with van der Waals surface area (Å²) in [6, 6.07) is 0. The Kier molecular flexibility index (Phi) is 3.63. The van der Waals surface area contributed by atoms with Gasteiger partial charge in [-0.15, -0.1) is 0 Å². The summed E-state index contributed by atoms with van der Waals surface area (Å²) in [5, 5.41) is 7.05. The summed E-state index contributed by atoms with van der Waals surface area (Å²) in [4.78, 5) is 10.4. The minimum Gasteiger partial charge on any atom is -0.305 e. The predicted molar refractivity (Wildman–Crippen MR) is 43.3 cm³/mol. The third-order valence-corrected chi connectivity index (χ3v) is 1.45. The molecule has 0 aromatic rings. The molecule has 0 unspecified atom stereocenters. The Hall–Kier alpha value is 0.210. The molecule has 5 heteroatoms. The van der Waals surface area contributed by atoms with Gasteiger partial charge in [-0.2, -0.15) is 0 Å². The number of hydrogen-bond donors (Lipinski definition) is 1. The lowest BCUT2D eigenvalue weighted by Crippen LogP contribution is -2.20. The fourth-order valence-corrected chi connectivity index (χ4v) is 0.550. The Morgan fingerprint density at radius 2 is 1.90 bits per heavy atom. The van der Waals surface area contributed by atoms with Crippen LogP contribution in [0.1, 0.15) is 13.3 Å². The summed E-state index contributed by atoms with van der Waals surface area (Å²) >= 11 is 15.8. The largest absolute Gasteiger partial charge is 0.305 e. The van der Waals surface area contributed by atoms with Crippen LogP contribution in [0.15, 0.2) is 0 Å². The third-order valence-electron chi connectivity index (χ3n) is 0.768. The molecule has 0 amide bonds. The van der Waals surface area contributed by atoms with Crippen LogP contribution in [0.25, 0.3) is 0 Å². The highest BCUT2D eigenvalue weighted by molar-refractivity contribution is 6.76. The van der Waals surface area contributed by atoms with Crippen LogP contribution in [0.2, 0.25) is 0 Å². The highest BCUT2D eigenvalue weighted by Gasteiger charge is 2.26. The van der Waals surface area contributed by atoms with Crippen LogP contribution < -0.4 is 0 Å². The first kappa shape index (κ1) is 10.2. The van der Waals surface area contributed by atoms with Crippen molar-refractivity contribution in [1.29, 1.82) is 5.41 Å². The van der Waals surface area contributed by atoms with Crippen molar-refractivity contribution in [1.82, 2.24) is 0 Å². The van der Waals surface area contributed by atoms with Crippen LogP contribution >= 0.6 is 34.8 Å². The molecule has 0 aliphatic heterocycles. The van der Waals surface area contributed by atoms with Crippen LogP contribution in [-0.4, -0.2) is 15.3 Å². The zero-order chi connectivity index (χ0) is 8.36. The molecule has 0 fully saturated rings. The first-order valence-electron chi connectivity index (χ1n) is 2.48. The van der Waals surface area contributed by atoms with Crippen molar-refractivity contribution < 1.29 is 4.79 Å². The molecule has 0 saturated heterocycles. The smallest absolute Gasteiger partial charge is 0.228 e. The van der Waals surface area contributed by atoms with Crippen molar-refractivity contribution in [3.63, 3.8) is 0 Å². The molecular formula is C5H6Cl3NO. The maximum absolute atomic E-state index is 10.4. The molecule has 0 radical (unpaired) electrons. The molecule has 0 spiro atoms. The molecule has 0 aromatic carbocycles. The van der Waals surface area contributed by atoms with E-state index in [9.17, 15) is 4.79 Å². The number of hydrogen-bond acceptors (Lipinski definition) is 2. The van der Waals surface area contributed by atoms with E-state index in [4.69, 9.17) is 40.2 Å². The monoisotopic (exact) mass is 201 g/mol. The van der Waals surface area contributed by atoms with Gasteiger partial charge in [-0.05, 0) is 6.92 Å². The first-order chi connectivity index (χ1) is 4.34. The van der Waals surface area contributed by atoms with Gasteiger partial charge in [-0.1, -0.05) is 34.8 Å². The lowest BCUT2D eigenvalue weighted by atomic mass is 10.2. The standard InChI is InChI=1S/C5H6Cl3NO/c1-3(10)2-4(9)5(6,7)8/h9H,2H2,1H3. The second-order valence-corrected chi connectivity index (χ2v) is 4.14. The highest BCUT2D eigenvalue weighted by atomic mass is 35.6. The van der Waals surface area contributed by atoms with Crippen LogP contribution in [-0.2, 0) is 4.79 Å². The van der Waals surface area contributed by atoms with Gasteiger partial charge in [0, 0.05) is 6.42 Å². The average molecular weight is 202 g/mol. The fourth-order valence-electron chi connectivity index (χ4n) is 0.349. The molecule has 0 heterocycles. The molecule has 0 atom stereocenters. The summed E-state index contributed by atoms with van der Waals surface area (Å²) in [5.41, 5.74) is -0.190. The van der Waals surface area contributed by atoms with Crippen molar-refractivity contribution in [2.75, 3.05) is 0 Å². The SMILES string of the molecule is CC(=O)CC(=N)C(Cl)(Cl)Cl. The zero-order valence-electron chi connectivity index (χ0n) is 5.25. The maximum Gasteiger partial charge on any atom is 0.228 e. The van der Waals surface area contributed by atoms with E-state index in [1.165, 1.54) is 6.92 Å². The van der Waals surface area contributed by atoms with E-state index in [2.05, 4.69) is 0 Å². The highest BCUT2D eigenvalue weighted by Crippen LogP contribution is 2.28. The average Bonchev–Trinajstić information content (AvgIpc) is 1.60. The van der Waals surface area contributed by atoms with Crippen molar-refractivity contribution in [3.05, 3.63) is 0 Å². The van der Waals surface area contributed by atoms with Crippen molar-refractivity contribution in [2.45, 2.75) is 17.1 Å². The number of Topliss-reactive ketones (excluding diaryl/α,β-unsaturated/α-hetero) is 1. The minimum atomic E-state index is -1.73. The molecular weight excluding hydrogens is 196 g/mol. The van der Waals surface area contributed by atoms with Crippen LogP contribution in [0, 0.1) is 5.41 Å². The summed E-state index contributed by atoms with van der Waals surface area (Å²) in [6.07, 6.45) is -0.101. The summed E-state index contributed by atoms with van der Waals surface area (Å²) in [5.74, 6) is -0.184. The molecule has 2 nitrogen and oxygen atoms in total. The lowest BCUT2D eigenvalue weighted by Gasteiger charge is -2.09. The van der Waals surface area contributed by atoms with Gasteiger partial charge < -0.3 is 5.41 Å². The fraction of sp³-hybridized carbons (Fsp3) is 0.600. The van der Waals surface area contributed by atoms with Gasteiger partial charge in [0.25, 0.3) is 0 Å². The Morgan fingerprint density at radius 1 is 1.50 bits per heavy atom. The molecule has 10 heavy (non-hydrogen) atoms. The van der Waals surface area contributed by atoms with E-state index in [-0.39, 0.29) is 17.9 Å². The zero-order valence-corrected chi connectivity index (χ0v) is 7.52. The van der Waals surface area contributed by atoms with Crippen LogP contribution in [0.3, 0.4) is 0 Å². The van der Waals surface area contributed by atoms with E-state index >= 15 is 0 Å². The number of ketones is 1. The van der Waals surface area contributed by atoms with Crippen molar-refractivity contribution in [2.24, 2.45) is 0 Å². The quantitative estimate of drug-likeness (QED) is 0.542. The molecule has 0 aliphatic carbocycles. The van der Waals surface area contributed by atoms with Gasteiger partial charge in [0.1, 0.15) is 5.78 Å². The van der Waals surface area contributed by atoms with Gasteiger partial charge in [0.15, 0.2) is 0 Å². The lowest BCUT2D eigenvalue weighted by molar-refractivity contribution is -0.115. The van der Waals surface area contributed by atoms with Gasteiger partial charge in [-0.25, -0.2) is 0 Å². The molecule has 0 rings (SSSR count). The number of alkyl halides is 3. The summed E-state index contributed by atoms with van der Waals surface area (Å²) in [7, 11) is 0. The second kappa shape index (κ2) is 3.56. The van der Waals surface area contributed by atoms with Gasteiger partial charge >= 0.3 is 0 Å². The Labute approximate surface area is 74.0 Å². The van der Waals surface area contributed by atoms with E-state index in [0.29, 0.717) is 0 Å². The predicted octanol–water partition coefficient (Wildman–Crippen LogP) is 2.36. The van der Waals surface area contributed by atoms with E-state index in [1.54, 1.807) is 0 Å². The van der Waals surface area contributed by atoms with Crippen LogP contribution in [0.4, 0.5) is 0 Å². The molecule has 0 aromatic heterocycles. The van der Waals surface area contributed by atoms with E-state index < -0.39 is 3.79 Å². The summed E-state index contributed by atoms with van der Waals surface area (Å²) < 4.78 is -1.73. The number of nitrogens with one attached hydrogen (secondary N) is 1. The third kappa shape index (κ3) is 4.09. The van der Waals surface area contributed by atoms with Gasteiger partial charge in [-0.3, -0.25) is 4.79 Å². The van der Waals surface area contributed by atoms with E-state index in [0.717, 1.165) is 0 Å². The number of rotatable bonds is 2. The Balaban J connectivity index is 3.99. The van der Waals surface area contributed by atoms with Crippen molar-refractivity contribution in [3.8, 4) is 0 Å². The number of carbonyl (C=O) groups excluding carboxylic acids is 1. The molecule has 0 aliphatic rings. The summed E-state index contributed by atoms with van der Waals surface area (Å²) in [6.45, 7) is 1.34.